The zero-order valence-electron chi connectivity index (χ0n) is 9.32. The minimum absolute atomic E-state index is 0.640. The van der Waals surface area contributed by atoms with Crippen molar-refractivity contribution in [2.45, 2.75) is 38.1 Å². The molecule has 0 aromatic carbocycles. The number of thiazole rings is 1. The van der Waals surface area contributed by atoms with E-state index in [2.05, 4.69) is 10.3 Å². The molecular weight excluding hydrogens is 224 g/mol. The molecule has 0 spiro atoms. The Balaban J connectivity index is 1.84. The normalized spacial score (nSPS) is 18.1. The van der Waals surface area contributed by atoms with Crippen molar-refractivity contribution in [1.82, 2.24) is 10.3 Å². The van der Waals surface area contributed by atoms with Gasteiger partial charge in [0, 0.05) is 11.4 Å². The summed E-state index contributed by atoms with van der Waals surface area (Å²) < 4.78 is 0. The fourth-order valence-electron chi connectivity index (χ4n) is 1.98. The third-order valence-corrected chi connectivity index (χ3v) is 4.27. The van der Waals surface area contributed by atoms with Gasteiger partial charge in [-0.1, -0.05) is 0 Å². The second-order valence-electron chi connectivity index (χ2n) is 4.28. The van der Waals surface area contributed by atoms with Crippen LogP contribution in [0.1, 0.15) is 29.8 Å². The van der Waals surface area contributed by atoms with Crippen molar-refractivity contribution in [2.75, 3.05) is 6.54 Å². The number of carboxylic acids is 1. The predicted molar refractivity (Wildman–Crippen MR) is 62.8 cm³/mol. The van der Waals surface area contributed by atoms with Crippen LogP contribution in [-0.2, 0) is 11.2 Å². The van der Waals surface area contributed by atoms with Gasteiger partial charge in [-0.15, -0.1) is 11.3 Å². The Labute approximate surface area is 98.7 Å². The monoisotopic (exact) mass is 240 g/mol. The van der Waals surface area contributed by atoms with Crippen molar-refractivity contribution >= 4 is 17.3 Å². The van der Waals surface area contributed by atoms with E-state index in [0.29, 0.717) is 0 Å². The summed E-state index contributed by atoms with van der Waals surface area (Å²) in [4.78, 5) is 16.5. The summed E-state index contributed by atoms with van der Waals surface area (Å²) in [5.74, 6) is -0.709. The first kappa shape index (κ1) is 11.5. The van der Waals surface area contributed by atoms with Crippen LogP contribution in [0.25, 0.3) is 0 Å². The van der Waals surface area contributed by atoms with Crippen molar-refractivity contribution in [3.8, 4) is 0 Å². The third kappa shape index (κ3) is 2.10. The lowest BCUT2D eigenvalue weighted by Gasteiger charge is -2.38. The van der Waals surface area contributed by atoms with Gasteiger partial charge in [0.1, 0.15) is 5.54 Å². The second-order valence-corrected chi connectivity index (χ2v) is 5.22. The Kier molecular flexibility index (Phi) is 3.25. The Hall–Kier alpha value is -0.940. The summed E-state index contributed by atoms with van der Waals surface area (Å²) in [6, 6.07) is 0. The average Bonchev–Trinajstić information content (AvgIpc) is 2.55. The number of carbonyl (C=O) groups is 1. The van der Waals surface area contributed by atoms with Crippen molar-refractivity contribution in [3.63, 3.8) is 0 Å². The summed E-state index contributed by atoms with van der Waals surface area (Å²) in [5.41, 5.74) is 2.25. The van der Waals surface area contributed by atoms with Gasteiger partial charge in [-0.25, -0.2) is 4.98 Å². The molecule has 1 heterocycles. The highest BCUT2D eigenvalue weighted by molar-refractivity contribution is 7.09. The molecular formula is C11H16N2O2S. The van der Waals surface area contributed by atoms with Crippen LogP contribution in [0.2, 0.25) is 0 Å². The highest BCUT2D eigenvalue weighted by atomic mass is 32.1. The minimum atomic E-state index is -0.709. The zero-order valence-corrected chi connectivity index (χ0v) is 10.1. The van der Waals surface area contributed by atoms with Crippen LogP contribution in [0.15, 0.2) is 5.51 Å². The van der Waals surface area contributed by atoms with Crippen LogP contribution >= 0.6 is 11.3 Å². The quantitative estimate of drug-likeness (QED) is 0.820. The molecule has 0 unspecified atom stereocenters. The number of hydrogen-bond acceptors (Lipinski definition) is 4. The highest BCUT2D eigenvalue weighted by Crippen LogP contribution is 2.31. The molecule has 0 atom stereocenters. The summed E-state index contributed by atoms with van der Waals surface area (Å²) in [6.07, 6.45) is 3.39. The summed E-state index contributed by atoms with van der Waals surface area (Å²) in [7, 11) is 0. The molecule has 88 valence electrons. The van der Waals surface area contributed by atoms with Crippen molar-refractivity contribution in [2.24, 2.45) is 0 Å². The maximum atomic E-state index is 11.1. The lowest BCUT2D eigenvalue weighted by molar-refractivity contribution is -0.148. The van der Waals surface area contributed by atoms with Crippen LogP contribution in [0, 0.1) is 6.92 Å². The number of aryl methyl sites for hydroxylation is 1. The van der Waals surface area contributed by atoms with Gasteiger partial charge >= 0.3 is 5.97 Å². The van der Waals surface area contributed by atoms with Crippen LogP contribution in [0.3, 0.4) is 0 Å². The molecule has 2 rings (SSSR count). The molecule has 0 amide bonds. The summed E-state index contributed by atoms with van der Waals surface area (Å²) in [6.45, 7) is 2.71. The van der Waals surface area contributed by atoms with Gasteiger partial charge in [0.2, 0.25) is 0 Å². The smallest absolute Gasteiger partial charge is 0.323 e. The van der Waals surface area contributed by atoms with Crippen molar-refractivity contribution in [1.29, 1.82) is 0 Å². The summed E-state index contributed by atoms with van der Waals surface area (Å²) in [5, 5.41) is 12.3. The number of aliphatic carboxylic acids is 1. The highest BCUT2D eigenvalue weighted by Gasteiger charge is 2.43. The van der Waals surface area contributed by atoms with Gasteiger partial charge < -0.3 is 10.4 Å². The van der Waals surface area contributed by atoms with Crippen LogP contribution in [0.5, 0.6) is 0 Å². The van der Waals surface area contributed by atoms with Gasteiger partial charge in [0.25, 0.3) is 0 Å². The maximum Gasteiger partial charge on any atom is 0.323 e. The van der Waals surface area contributed by atoms with E-state index in [0.717, 1.165) is 37.9 Å². The first-order valence-corrected chi connectivity index (χ1v) is 6.39. The van der Waals surface area contributed by atoms with Gasteiger partial charge in [0.05, 0.1) is 11.2 Å². The largest absolute Gasteiger partial charge is 0.480 e. The van der Waals surface area contributed by atoms with E-state index in [-0.39, 0.29) is 0 Å². The Morgan fingerprint density at radius 3 is 2.88 bits per heavy atom. The van der Waals surface area contributed by atoms with Gasteiger partial charge in [-0.05, 0) is 32.6 Å². The van der Waals surface area contributed by atoms with Crippen LogP contribution in [0.4, 0.5) is 0 Å². The molecule has 2 N–H and O–H groups in total. The van der Waals surface area contributed by atoms with Crippen molar-refractivity contribution < 1.29 is 9.90 Å². The molecule has 1 aliphatic carbocycles. The standard InChI is InChI=1S/C11H16N2O2S/c1-8-9(16-7-12-8)3-6-13-11(10(14)15)4-2-5-11/h7,13H,2-6H2,1H3,(H,14,15). The Bertz CT molecular complexity index is 385. The topological polar surface area (TPSA) is 62.2 Å². The van der Waals surface area contributed by atoms with E-state index in [4.69, 9.17) is 5.11 Å². The van der Waals surface area contributed by atoms with E-state index >= 15 is 0 Å². The fourth-order valence-corrected chi connectivity index (χ4v) is 2.76. The first-order chi connectivity index (χ1) is 7.64. The van der Waals surface area contributed by atoms with E-state index in [1.807, 2.05) is 12.4 Å². The fraction of sp³-hybridized carbons (Fsp3) is 0.636. The minimum Gasteiger partial charge on any atom is -0.480 e. The SMILES string of the molecule is Cc1ncsc1CCNC1(C(=O)O)CCC1. The molecule has 1 aliphatic rings. The van der Waals surface area contributed by atoms with Gasteiger partial charge in [0.15, 0.2) is 0 Å². The van der Waals surface area contributed by atoms with Crippen LogP contribution < -0.4 is 5.32 Å². The molecule has 0 bridgehead atoms. The maximum absolute atomic E-state index is 11.1. The molecule has 0 aliphatic heterocycles. The molecule has 16 heavy (non-hydrogen) atoms. The van der Waals surface area contributed by atoms with Crippen molar-refractivity contribution in [3.05, 3.63) is 16.1 Å². The first-order valence-electron chi connectivity index (χ1n) is 5.51. The van der Waals surface area contributed by atoms with Gasteiger partial charge in [-0.2, -0.15) is 0 Å². The van der Waals surface area contributed by atoms with Gasteiger partial charge in [-0.3, -0.25) is 4.79 Å². The van der Waals surface area contributed by atoms with E-state index in [1.165, 1.54) is 4.88 Å². The molecule has 1 fully saturated rings. The number of nitrogens with one attached hydrogen (secondary N) is 1. The molecule has 4 nitrogen and oxygen atoms in total. The molecule has 1 saturated carbocycles. The lowest BCUT2D eigenvalue weighted by atomic mass is 9.77. The van der Waals surface area contributed by atoms with E-state index in [9.17, 15) is 4.79 Å². The number of aromatic nitrogens is 1. The second kappa shape index (κ2) is 4.51. The Morgan fingerprint density at radius 1 is 1.69 bits per heavy atom. The van der Waals surface area contributed by atoms with Crippen LogP contribution in [-0.4, -0.2) is 28.1 Å². The average molecular weight is 240 g/mol. The molecule has 1 aromatic rings. The number of rotatable bonds is 5. The predicted octanol–water partition coefficient (Wildman–Crippen LogP) is 1.59. The number of carboxylic acid groups (broad SMARTS) is 1. The zero-order chi connectivity index (χ0) is 11.6. The molecule has 5 heteroatoms. The number of nitrogens with zero attached hydrogens (tertiary/aromatic N) is 1. The van der Waals surface area contributed by atoms with E-state index < -0.39 is 11.5 Å². The molecule has 0 radical (unpaired) electrons. The van der Waals surface area contributed by atoms with E-state index in [1.54, 1.807) is 11.3 Å². The third-order valence-electron chi connectivity index (χ3n) is 3.28. The lowest BCUT2D eigenvalue weighted by Crippen LogP contribution is -2.57. The molecule has 1 aromatic heterocycles. The molecule has 0 saturated heterocycles. The summed E-state index contributed by atoms with van der Waals surface area (Å²) >= 11 is 1.64. The Morgan fingerprint density at radius 2 is 2.44 bits per heavy atom. The number of hydrogen-bond donors (Lipinski definition) is 2.